The quantitative estimate of drug-likeness (QED) is 0.371. The molecule has 0 saturated heterocycles. The average Bonchev–Trinajstić information content (AvgIpc) is 2.65. The smallest absolute Gasteiger partial charge is 0.331 e. The summed E-state index contributed by atoms with van der Waals surface area (Å²) >= 11 is 0. The van der Waals surface area contributed by atoms with Crippen molar-refractivity contribution in [3.8, 4) is 23.3 Å². The standard InChI is InChI=1S/C21H22N4O7/c1-8(2)24-18(28)14(16(27)22-20(24)30)13-11-6-5-10(26)7-12(11)32-17-15(13)19(29)25(9(3)4)21(31)23-17/h5-9,13,26,28H,1-4H3,(H,23,31)(H,22,27,30)/t13-/m0/s1. The Bertz CT molecular complexity index is 1470. The number of rotatable bonds is 3. The van der Waals surface area contributed by atoms with Gasteiger partial charge in [0.05, 0.1) is 17.0 Å². The van der Waals surface area contributed by atoms with Gasteiger partial charge in [0.2, 0.25) is 11.8 Å². The molecule has 4 rings (SSSR count). The number of aromatic hydroxyl groups is 2. The Kier molecular flexibility index (Phi) is 4.83. The third kappa shape index (κ3) is 3.04. The van der Waals surface area contributed by atoms with E-state index >= 15 is 0 Å². The Morgan fingerprint density at radius 2 is 1.53 bits per heavy atom. The van der Waals surface area contributed by atoms with Crippen LogP contribution in [0.15, 0.2) is 37.4 Å². The lowest BCUT2D eigenvalue weighted by Gasteiger charge is -2.28. The predicted molar refractivity (Wildman–Crippen MR) is 114 cm³/mol. The second-order valence-corrected chi connectivity index (χ2v) is 8.16. The maximum Gasteiger partial charge on any atom is 0.331 e. The van der Waals surface area contributed by atoms with Gasteiger partial charge in [-0.1, -0.05) is 6.07 Å². The second-order valence-electron chi connectivity index (χ2n) is 8.16. The van der Waals surface area contributed by atoms with E-state index in [1.54, 1.807) is 27.7 Å². The molecule has 11 nitrogen and oxygen atoms in total. The van der Waals surface area contributed by atoms with Crippen molar-refractivity contribution in [2.45, 2.75) is 45.7 Å². The van der Waals surface area contributed by atoms with Crippen LogP contribution >= 0.6 is 0 Å². The fraction of sp³-hybridized carbons (Fsp3) is 0.333. The van der Waals surface area contributed by atoms with Crippen LogP contribution in [0, 0.1) is 0 Å². The van der Waals surface area contributed by atoms with Crippen LogP contribution in [0.4, 0.5) is 0 Å². The first kappa shape index (κ1) is 21.2. The fourth-order valence-corrected chi connectivity index (χ4v) is 4.05. The minimum Gasteiger partial charge on any atom is -0.508 e. The Morgan fingerprint density at radius 3 is 2.16 bits per heavy atom. The van der Waals surface area contributed by atoms with E-state index < -0.39 is 46.4 Å². The number of phenols is 1. The van der Waals surface area contributed by atoms with E-state index in [0.29, 0.717) is 5.56 Å². The van der Waals surface area contributed by atoms with Crippen molar-refractivity contribution in [3.63, 3.8) is 0 Å². The summed E-state index contributed by atoms with van der Waals surface area (Å²) < 4.78 is 7.67. The zero-order chi connectivity index (χ0) is 23.5. The highest BCUT2D eigenvalue weighted by Crippen LogP contribution is 2.46. The fourth-order valence-electron chi connectivity index (χ4n) is 4.05. The Labute approximate surface area is 180 Å². The third-order valence-electron chi connectivity index (χ3n) is 5.42. The van der Waals surface area contributed by atoms with Gasteiger partial charge in [0, 0.05) is 23.7 Å². The van der Waals surface area contributed by atoms with E-state index in [1.807, 2.05) is 0 Å². The number of ether oxygens (including phenoxy) is 1. The number of nitrogens with zero attached hydrogens (tertiary/aromatic N) is 2. The third-order valence-corrected chi connectivity index (χ3v) is 5.42. The van der Waals surface area contributed by atoms with Gasteiger partial charge in [-0.3, -0.25) is 28.7 Å². The molecule has 0 unspecified atom stereocenters. The molecular formula is C21H22N4O7. The van der Waals surface area contributed by atoms with Crippen LogP contribution in [0.1, 0.15) is 62.4 Å². The van der Waals surface area contributed by atoms with Gasteiger partial charge in [0.25, 0.3) is 11.1 Å². The first-order valence-corrected chi connectivity index (χ1v) is 10.00. The van der Waals surface area contributed by atoms with Crippen molar-refractivity contribution in [2.24, 2.45) is 0 Å². The van der Waals surface area contributed by atoms with Crippen molar-refractivity contribution >= 4 is 0 Å². The van der Waals surface area contributed by atoms with Gasteiger partial charge in [0.15, 0.2) is 0 Å². The highest BCUT2D eigenvalue weighted by Gasteiger charge is 2.38. The number of phenolic OH excluding ortho intramolecular Hbond substituents is 1. The van der Waals surface area contributed by atoms with Gasteiger partial charge >= 0.3 is 11.4 Å². The number of H-pyrrole nitrogens is 2. The molecule has 0 radical (unpaired) electrons. The number of benzene rings is 1. The summed E-state index contributed by atoms with van der Waals surface area (Å²) in [7, 11) is 0. The lowest BCUT2D eigenvalue weighted by atomic mass is 9.84. The molecule has 0 fully saturated rings. The number of aromatic nitrogens is 4. The Balaban J connectivity index is 2.18. The highest BCUT2D eigenvalue weighted by atomic mass is 16.5. The molecule has 1 aliphatic rings. The van der Waals surface area contributed by atoms with Crippen LogP contribution < -0.4 is 27.2 Å². The van der Waals surface area contributed by atoms with Crippen LogP contribution in [-0.4, -0.2) is 29.3 Å². The summed E-state index contributed by atoms with van der Waals surface area (Å²) in [6, 6.07) is 3.05. The van der Waals surface area contributed by atoms with Crippen molar-refractivity contribution in [1.82, 2.24) is 19.1 Å². The minimum atomic E-state index is -1.18. The Morgan fingerprint density at radius 1 is 0.906 bits per heavy atom. The van der Waals surface area contributed by atoms with Crippen LogP contribution in [-0.2, 0) is 0 Å². The van der Waals surface area contributed by atoms with E-state index in [-0.39, 0.29) is 28.5 Å². The topological polar surface area (TPSA) is 159 Å². The first-order valence-electron chi connectivity index (χ1n) is 10.00. The van der Waals surface area contributed by atoms with Crippen LogP contribution in [0.25, 0.3) is 0 Å². The zero-order valence-corrected chi connectivity index (χ0v) is 17.8. The molecule has 0 spiro atoms. The molecule has 3 aromatic rings. The summed E-state index contributed by atoms with van der Waals surface area (Å²) in [5.74, 6) is -2.05. The molecule has 0 amide bonds. The average molecular weight is 442 g/mol. The monoisotopic (exact) mass is 442 g/mol. The normalized spacial score (nSPS) is 14.9. The summed E-state index contributed by atoms with van der Waals surface area (Å²) in [4.78, 5) is 55.8. The summed E-state index contributed by atoms with van der Waals surface area (Å²) in [6.07, 6.45) is 0. The number of nitrogens with one attached hydrogen (secondary N) is 2. The van der Waals surface area contributed by atoms with Crippen molar-refractivity contribution in [1.29, 1.82) is 0 Å². The molecule has 4 N–H and O–H groups in total. The summed E-state index contributed by atoms with van der Waals surface area (Å²) in [6.45, 7) is 6.60. The van der Waals surface area contributed by atoms with Crippen LogP contribution in [0.3, 0.4) is 0 Å². The largest absolute Gasteiger partial charge is 0.508 e. The van der Waals surface area contributed by atoms with E-state index in [9.17, 15) is 29.4 Å². The van der Waals surface area contributed by atoms with Gasteiger partial charge in [0.1, 0.15) is 11.5 Å². The number of fused-ring (bicyclic) bond motifs is 2. The molecule has 32 heavy (non-hydrogen) atoms. The lowest BCUT2D eigenvalue weighted by Crippen LogP contribution is -2.42. The molecule has 0 aliphatic carbocycles. The highest BCUT2D eigenvalue weighted by molar-refractivity contribution is 5.58. The molecule has 3 heterocycles. The van der Waals surface area contributed by atoms with Crippen molar-refractivity contribution in [2.75, 3.05) is 0 Å². The molecule has 1 atom stereocenters. The molecule has 2 aromatic heterocycles. The van der Waals surface area contributed by atoms with Crippen molar-refractivity contribution < 1.29 is 14.9 Å². The van der Waals surface area contributed by atoms with Gasteiger partial charge in [-0.15, -0.1) is 0 Å². The molecular weight excluding hydrogens is 420 g/mol. The van der Waals surface area contributed by atoms with E-state index in [4.69, 9.17) is 4.74 Å². The lowest BCUT2D eigenvalue weighted by molar-refractivity contribution is 0.368. The Hall–Kier alpha value is -4.02. The molecule has 168 valence electrons. The maximum absolute atomic E-state index is 13.4. The van der Waals surface area contributed by atoms with Crippen molar-refractivity contribution in [3.05, 3.63) is 76.6 Å². The molecule has 1 aliphatic heterocycles. The summed E-state index contributed by atoms with van der Waals surface area (Å²) in [5, 5.41) is 20.9. The first-order chi connectivity index (χ1) is 15.0. The van der Waals surface area contributed by atoms with Crippen LogP contribution in [0.5, 0.6) is 23.3 Å². The molecule has 1 aromatic carbocycles. The molecule has 11 heteroatoms. The summed E-state index contributed by atoms with van der Waals surface area (Å²) in [5.41, 5.74) is -3.14. The number of hydrogen-bond acceptors (Lipinski definition) is 7. The maximum atomic E-state index is 13.4. The van der Waals surface area contributed by atoms with E-state index in [2.05, 4.69) is 9.97 Å². The zero-order valence-electron chi connectivity index (χ0n) is 17.8. The number of aromatic amines is 2. The molecule has 0 saturated carbocycles. The minimum absolute atomic E-state index is 0.0776. The SMILES string of the molecule is CC(C)n1c(O)c([C@@H]2c3ccc(O)cc3Oc3[nH]c(=O)n(C(C)C)c(=O)c32)c(=O)[nH]c1=O. The van der Waals surface area contributed by atoms with Gasteiger partial charge in [-0.25, -0.2) is 9.59 Å². The van der Waals surface area contributed by atoms with Crippen LogP contribution in [0.2, 0.25) is 0 Å². The van der Waals surface area contributed by atoms with Gasteiger partial charge < -0.3 is 14.9 Å². The van der Waals surface area contributed by atoms with E-state index in [1.165, 1.54) is 18.2 Å². The van der Waals surface area contributed by atoms with Gasteiger partial charge in [-0.2, -0.15) is 0 Å². The predicted octanol–water partition coefficient (Wildman–Crippen LogP) is 1.25. The number of hydrogen-bond donors (Lipinski definition) is 4. The van der Waals surface area contributed by atoms with Gasteiger partial charge in [-0.05, 0) is 33.8 Å². The molecule has 0 bridgehead atoms. The van der Waals surface area contributed by atoms with E-state index in [0.717, 1.165) is 9.13 Å². The second kappa shape index (κ2) is 7.29.